The monoisotopic (exact) mass is 299 g/mol. The van der Waals surface area contributed by atoms with E-state index in [9.17, 15) is 0 Å². The maximum Gasteiger partial charge on any atom is 0.181 e. The average molecular weight is 300 g/mol. The molecular formula is C14H22ClN3O2. The summed E-state index contributed by atoms with van der Waals surface area (Å²) in [7, 11) is 1.96. The van der Waals surface area contributed by atoms with Gasteiger partial charge in [-0.15, -0.1) is 0 Å². The molecule has 0 bridgehead atoms. The van der Waals surface area contributed by atoms with E-state index >= 15 is 0 Å². The summed E-state index contributed by atoms with van der Waals surface area (Å²) in [6.07, 6.45) is 2.95. The van der Waals surface area contributed by atoms with Gasteiger partial charge in [0.15, 0.2) is 5.79 Å². The van der Waals surface area contributed by atoms with E-state index in [2.05, 4.69) is 16.9 Å². The van der Waals surface area contributed by atoms with Crippen LogP contribution in [0.3, 0.4) is 0 Å². The minimum Gasteiger partial charge on any atom is -0.346 e. The van der Waals surface area contributed by atoms with E-state index in [0.717, 1.165) is 55.3 Å². The second-order valence-electron chi connectivity index (χ2n) is 5.61. The summed E-state index contributed by atoms with van der Waals surface area (Å²) in [4.78, 5) is 2.36. The Bertz CT molecular complexity index is 483. The second-order valence-corrected chi connectivity index (χ2v) is 5.98. The Morgan fingerprint density at radius 1 is 1.35 bits per heavy atom. The Hall–Kier alpha value is -0.620. The topological polar surface area (TPSA) is 39.5 Å². The molecule has 2 saturated heterocycles. The van der Waals surface area contributed by atoms with Crippen LogP contribution in [0, 0.1) is 0 Å². The van der Waals surface area contributed by atoms with E-state index in [1.165, 1.54) is 0 Å². The first-order chi connectivity index (χ1) is 9.63. The predicted molar refractivity (Wildman–Crippen MR) is 76.7 cm³/mol. The quantitative estimate of drug-likeness (QED) is 0.855. The van der Waals surface area contributed by atoms with Gasteiger partial charge in [-0.25, -0.2) is 0 Å². The largest absolute Gasteiger partial charge is 0.346 e. The number of aryl methyl sites for hydroxylation is 2. The van der Waals surface area contributed by atoms with Gasteiger partial charge in [-0.3, -0.25) is 9.58 Å². The number of likely N-dealkylation sites (tertiary alicyclic amines) is 1. The Morgan fingerprint density at radius 3 is 2.75 bits per heavy atom. The first-order valence-electron chi connectivity index (χ1n) is 7.34. The smallest absolute Gasteiger partial charge is 0.181 e. The van der Waals surface area contributed by atoms with Crippen LogP contribution in [0.5, 0.6) is 0 Å². The van der Waals surface area contributed by atoms with Gasteiger partial charge in [0.1, 0.15) is 0 Å². The van der Waals surface area contributed by atoms with Gasteiger partial charge in [0.25, 0.3) is 0 Å². The molecule has 3 rings (SSSR count). The molecule has 2 fully saturated rings. The van der Waals surface area contributed by atoms with Gasteiger partial charge in [0.05, 0.1) is 36.2 Å². The van der Waals surface area contributed by atoms with E-state index in [1.807, 2.05) is 11.7 Å². The summed E-state index contributed by atoms with van der Waals surface area (Å²) in [6, 6.07) is 0. The molecule has 0 aliphatic carbocycles. The molecule has 0 amide bonds. The first kappa shape index (κ1) is 14.3. The van der Waals surface area contributed by atoms with E-state index in [4.69, 9.17) is 21.1 Å². The normalized spacial score (nSPS) is 22.8. The zero-order valence-corrected chi connectivity index (χ0v) is 12.9. The molecular weight excluding hydrogens is 278 g/mol. The first-order valence-corrected chi connectivity index (χ1v) is 7.72. The lowest BCUT2D eigenvalue weighted by atomic mass is 10.0. The van der Waals surface area contributed by atoms with Crippen molar-refractivity contribution in [2.24, 2.45) is 7.05 Å². The van der Waals surface area contributed by atoms with E-state index in [-0.39, 0.29) is 5.79 Å². The van der Waals surface area contributed by atoms with E-state index < -0.39 is 0 Å². The Morgan fingerprint density at radius 2 is 2.10 bits per heavy atom. The Balaban J connectivity index is 1.73. The van der Waals surface area contributed by atoms with Crippen molar-refractivity contribution < 1.29 is 9.47 Å². The maximum atomic E-state index is 6.43. The van der Waals surface area contributed by atoms with Crippen LogP contribution in [0.4, 0.5) is 0 Å². The van der Waals surface area contributed by atoms with Gasteiger partial charge in [-0.05, 0) is 19.4 Å². The third-order valence-electron chi connectivity index (χ3n) is 4.19. The van der Waals surface area contributed by atoms with Crippen molar-refractivity contribution in [3.63, 3.8) is 0 Å². The fourth-order valence-corrected chi connectivity index (χ4v) is 3.50. The summed E-state index contributed by atoms with van der Waals surface area (Å²) < 4.78 is 13.5. The molecule has 2 aliphatic heterocycles. The number of hydrogen-bond donors (Lipinski definition) is 0. The second kappa shape index (κ2) is 5.64. The van der Waals surface area contributed by atoms with Crippen LogP contribution in [0.1, 0.15) is 31.2 Å². The van der Waals surface area contributed by atoms with Gasteiger partial charge >= 0.3 is 0 Å². The molecule has 0 saturated carbocycles. The molecule has 1 spiro atoms. The van der Waals surface area contributed by atoms with Crippen LogP contribution in [0.25, 0.3) is 0 Å². The van der Waals surface area contributed by atoms with Crippen LogP contribution in [-0.2, 0) is 29.5 Å². The number of nitrogens with zero attached hydrogens (tertiary/aromatic N) is 3. The molecule has 0 atom stereocenters. The summed E-state index contributed by atoms with van der Waals surface area (Å²) in [5.41, 5.74) is 2.06. The molecule has 0 aromatic carbocycles. The standard InChI is InChI=1S/C14H22ClN3O2/c1-3-11-13(15)12(17(2)16-11)9-18-6-4-5-14(10-18)19-7-8-20-14/h3-10H2,1-2H3. The van der Waals surface area contributed by atoms with Crippen molar-refractivity contribution in [3.8, 4) is 0 Å². The number of piperidine rings is 1. The summed E-state index contributed by atoms with van der Waals surface area (Å²) >= 11 is 6.43. The molecule has 112 valence electrons. The van der Waals surface area contributed by atoms with Crippen LogP contribution in [0.2, 0.25) is 5.02 Å². The van der Waals surface area contributed by atoms with E-state index in [0.29, 0.717) is 13.2 Å². The number of rotatable bonds is 3. The van der Waals surface area contributed by atoms with Crippen LogP contribution in [0.15, 0.2) is 0 Å². The van der Waals surface area contributed by atoms with E-state index in [1.54, 1.807) is 0 Å². The summed E-state index contributed by atoms with van der Waals surface area (Å²) in [5.74, 6) is -0.378. The number of halogens is 1. The lowest BCUT2D eigenvalue weighted by Gasteiger charge is -2.38. The lowest BCUT2D eigenvalue weighted by molar-refractivity contribution is -0.190. The molecule has 6 heteroatoms. The third-order valence-corrected chi connectivity index (χ3v) is 4.62. The predicted octanol–water partition coefficient (Wildman–Crippen LogP) is 1.97. The number of ether oxygens (including phenoxy) is 2. The number of aromatic nitrogens is 2. The molecule has 0 unspecified atom stereocenters. The fourth-order valence-electron chi connectivity index (χ4n) is 3.14. The fraction of sp³-hybridized carbons (Fsp3) is 0.786. The Labute approximate surface area is 124 Å². The van der Waals surface area contributed by atoms with Gasteiger partial charge in [-0.1, -0.05) is 18.5 Å². The van der Waals surface area contributed by atoms with Crippen molar-refractivity contribution in [1.29, 1.82) is 0 Å². The molecule has 0 radical (unpaired) electrons. The highest BCUT2D eigenvalue weighted by Gasteiger charge is 2.40. The summed E-state index contributed by atoms with van der Waals surface area (Å²) in [5, 5.41) is 5.29. The zero-order chi connectivity index (χ0) is 14.2. The van der Waals surface area contributed by atoms with Crippen molar-refractivity contribution in [2.75, 3.05) is 26.3 Å². The molecule has 1 aromatic rings. The van der Waals surface area contributed by atoms with Crippen molar-refractivity contribution in [3.05, 3.63) is 16.4 Å². The molecule has 2 aliphatic rings. The molecule has 5 nitrogen and oxygen atoms in total. The molecule has 20 heavy (non-hydrogen) atoms. The van der Waals surface area contributed by atoms with Crippen molar-refractivity contribution >= 4 is 11.6 Å². The lowest BCUT2D eigenvalue weighted by Crippen LogP contribution is -2.48. The summed E-state index contributed by atoms with van der Waals surface area (Å²) in [6.45, 7) is 6.17. The van der Waals surface area contributed by atoms with Gasteiger partial charge in [-0.2, -0.15) is 5.10 Å². The highest BCUT2D eigenvalue weighted by molar-refractivity contribution is 6.31. The SMILES string of the molecule is CCc1nn(C)c(CN2CCCC3(C2)OCCO3)c1Cl. The minimum atomic E-state index is -0.378. The van der Waals surface area contributed by atoms with Crippen LogP contribution < -0.4 is 0 Å². The molecule has 1 aromatic heterocycles. The van der Waals surface area contributed by atoms with Crippen molar-refractivity contribution in [1.82, 2.24) is 14.7 Å². The zero-order valence-electron chi connectivity index (χ0n) is 12.2. The number of hydrogen-bond acceptors (Lipinski definition) is 4. The van der Waals surface area contributed by atoms with Gasteiger partial charge in [0.2, 0.25) is 0 Å². The van der Waals surface area contributed by atoms with Gasteiger partial charge in [0, 0.05) is 20.0 Å². The third kappa shape index (κ3) is 2.60. The van der Waals surface area contributed by atoms with Crippen LogP contribution >= 0.6 is 11.6 Å². The molecule has 3 heterocycles. The maximum absolute atomic E-state index is 6.43. The average Bonchev–Trinajstić information content (AvgIpc) is 2.98. The Kier molecular flexibility index (Phi) is 4.04. The molecule has 0 N–H and O–H groups in total. The van der Waals surface area contributed by atoms with Crippen LogP contribution in [-0.4, -0.2) is 46.8 Å². The van der Waals surface area contributed by atoms with Gasteiger partial charge < -0.3 is 9.47 Å². The highest BCUT2D eigenvalue weighted by atomic mass is 35.5. The highest BCUT2D eigenvalue weighted by Crippen LogP contribution is 2.31. The minimum absolute atomic E-state index is 0.378. The van der Waals surface area contributed by atoms with Crippen molar-refractivity contribution in [2.45, 2.75) is 38.5 Å².